The molecular weight excluding hydrogens is 493 g/mol. The van der Waals surface area contributed by atoms with E-state index in [1.54, 1.807) is 37.7 Å². The predicted molar refractivity (Wildman–Crippen MR) is 139 cm³/mol. The Bertz CT molecular complexity index is 1580. The van der Waals surface area contributed by atoms with Crippen molar-refractivity contribution in [1.82, 2.24) is 14.0 Å². The second-order valence-electron chi connectivity index (χ2n) is 8.47. The van der Waals surface area contributed by atoms with Crippen LogP contribution in [0.25, 0.3) is 15.9 Å². The van der Waals surface area contributed by atoms with E-state index in [2.05, 4.69) is 0 Å². The lowest BCUT2D eigenvalue weighted by molar-refractivity contribution is 0.0831. The third-order valence-corrected chi connectivity index (χ3v) is 7.84. The van der Waals surface area contributed by atoms with Crippen molar-refractivity contribution in [3.05, 3.63) is 94.4 Å². The van der Waals surface area contributed by atoms with E-state index in [1.807, 2.05) is 32.0 Å². The van der Waals surface area contributed by atoms with Crippen LogP contribution in [0.4, 0.5) is 0 Å². The minimum atomic E-state index is -0.513. The molecule has 9 heteroatoms. The summed E-state index contributed by atoms with van der Waals surface area (Å²) in [5.41, 5.74) is 2.94. The number of halogens is 2. The average molecular weight is 516 g/mol. The molecule has 34 heavy (non-hydrogen) atoms. The summed E-state index contributed by atoms with van der Waals surface area (Å²) in [6.45, 7) is 5.98. The van der Waals surface area contributed by atoms with Gasteiger partial charge in [0.25, 0.3) is 11.5 Å². The minimum absolute atomic E-state index is 0.218. The summed E-state index contributed by atoms with van der Waals surface area (Å²) in [6.07, 6.45) is 0. The summed E-state index contributed by atoms with van der Waals surface area (Å²) >= 11 is 13.4. The molecule has 2 aromatic heterocycles. The van der Waals surface area contributed by atoms with Gasteiger partial charge in [0.1, 0.15) is 4.83 Å². The van der Waals surface area contributed by atoms with Crippen LogP contribution in [-0.2, 0) is 6.54 Å². The van der Waals surface area contributed by atoms with Gasteiger partial charge in [0, 0.05) is 14.1 Å². The number of aromatic nitrogens is 2. The first-order valence-electron chi connectivity index (χ1n) is 10.5. The summed E-state index contributed by atoms with van der Waals surface area (Å²) < 4.78 is 2.65. The van der Waals surface area contributed by atoms with E-state index in [1.165, 1.54) is 11.0 Å². The Morgan fingerprint density at radius 3 is 2.32 bits per heavy atom. The van der Waals surface area contributed by atoms with Crippen LogP contribution >= 0.6 is 34.5 Å². The zero-order valence-corrected chi connectivity index (χ0v) is 21.7. The number of rotatable bonds is 4. The van der Waals surface area contributed by atoms with Crippen LogP contribution in [-0.4, -0.2) is 34.0 Å². The molecule has 0 saturated heterocycles. The van der Waals surface area contributed by atoms with E-state index in [4.69, 9.17) is 23.2 Å². The fourth-order valence-corrected chi connectivity index (χ4v) is 5.54. The maximum Gasteiger partial charge on any atom is 0.337 e. The molecule has 0 aliphatic carbocycles. The van der Waals surface area contributed by atoms with E-state index in [0.717, 1.165) is 32.6 Å². The van der Waals surface area contributed by atoms with Gasteiger partial charge in [-0.05, 0) is 55.7 Å². The summed E-state index contributed by atoms with van der Waals surface area (Å²) in [5.74, 6) is -0.218. The first-order valence-corrected chi connectivity index (χ1v) is 12.1. The van der Waals surface area contributed by atoms with Crippen LogP contribution < -0.4 is 11.2 Å². The van der Waals surface area contributed by atoms with Crippen molar-refractivity contribution >= 4 is 50.7 Å². The predicted octanol–water partition coefficient (Wildman–Crippen LogP) is 5.20. The van der Waals surface area contributed by atoms with Crippen molar-refractivity contribution in [3.8, 4) is 5.69 Å². The topological polar surface area (TPSA) is 64.3 Å². The van der Waals surface area contributed by atoms with E-state index in [0.29, 0.717) is 31.4 Å². The van der Waals surface area contributed by atoms with Gasteiger partial charge in [-0.15, -0.1) is 11.3 Å². The molecule has 0 N–H and O–H groups in total. The van der Waals surface area contributed by atoms with E-state index in [9.17, 15) is 14.4 Å². The molecule has 176 valence electrons. The number of aryl methyl sites for hydroxylation is 3. The lowest BCUT2D eigenvalue weighted by atomic mass is 10.1. The number of amides is 1. The lowest BCUT2D eigenvalue weighted by Gasteiger charge is -2.14. The second kappa shape index (κ2) is 9.06. The van der Waals surface area contributed by atoms with Gasteiger partial charge in [0.2, 0.25) is 0 Å². The molecule has 0 atom stereocenters. The van der Waals surface area contributed by atoms with Crippen molar-refractivity contribution in [1.29, 1.82) is 0 Å². The maximum atomic E-state index is 13.8. The van der Waals surface area contributed by atoms with Gasteiger partial charge in [-0.3, -0.25) is 14.2 Å². The largest absolute Gasteiger partial charge is 0.344 e. The highest BCUT2D eigenvalue weighted by Gasteiger charge is 2.25. The molecule has 1 amide bonds. The average Bonchev–Trinajstić information content (AvgIpc) is 3.11. The zero-order valence-electron chi connectivity index (χ0n) is 19.4. The Kier molecular flexibility index (Phi) is 6.46. The molecule has 0 fully saturated rings. The molecule has 0 spiro atoms. The second-order valence-corrected chi connectivity index (χ2v) is 10.3. The quantitative estimate of drug-likeness (QED) is 0.375. The fraction of sp³-hybridized carbons (Fsp3) is 0.240. The Morgan fingerprint density at radius 1 is 1.00 bits per heavy atom. The van der Waals surface area contributed by atoms with Crippen molar-refractivity contribution in [3.63, 3.8) is 0 Å². The van der Waals surface area contributed by atoms with E-state index < -0.39 is 11.2 Å². The third kappa shape index (κ3) is 4.08. The lowest BCUT2D eigenvalue weighted by Crippen LogP contribution is -2.39. The number of hydrogen-bond acceptors (Lipinski definition) is 4. The molecule has 2 aromatic carbocycles. The standard InChI is InChI=1S/C25H23Cl2N3O3S/c1-13-6-7-16(14(2)10-13)12-29-24-20(15(3)21(34-24)23(32)28(4)5)22(31)30(25(29)33)17-8-9-18(26)19(27)11-17/h6-11H,12H2,1-5H3. The first-order chi connectivity index (χ1) is 16.0. The van der Waals surface area contributed by atoms with Crippen molar-refractivity contribution < 1.29 is 4.79 Å². The van der Waals surface area contributed by atoms with Crippen LogP contribution in [0.15, 0.2) is 46.0 Å². The van der Waals surface area contributed by atoms with Crippen LogP contribution in [0.5, 0.6) is 0 Å². The Balaban J connectivity index is 2.10. The number of hydrogen-bond donors (Lipinski definition) is 0. The molecule has 0 saturated carbocycles. The fourth-order valence-electron chi connectivity index (χ4n) is 3.94. The Hall–Kier alpha value is -2.87. The van der Waals surface area contributed by atoms with E-state index in [-0.39, 0.29) is 17.5 Å². The smallest absolute Gasteiger partial charge is 0.337 e. The minimum Gasteiger partial charge on any atom is -0.344 e. The van der Waals surface area contributed by atoms with Gasteiger partial charge in [-0.25, -0.2) is 9.36 Å². The third-order valence-electron chi connectivity index (χ3n) is 5.80. The maximum absolute atomic E-state index is 13.8. The Morgan fingerprint density at radius 2 is 1.71 bits per heavy atom. The van der Waals surface area contributed by atoms with Gasteiger partial charge < -0.3 is 4.90 Å². The molecule has 6 nitrogen and oxygen atoms in total. The molecule has 0 aliphatic heterocycles. The van der Waals surface area contributed by atoms with Gasteiger partial charge >= 0.3 is 5.69 Å². The van der Waals surface area contributed by atoms with Crippen LogP contribution in [0.3, 0.4) is 0 Å². The van der Waals surface area contributed by atoms with Gasteiger partial charge in [0.15, 0.2) is 0 Å². The van der Waals surface area contributed by atoms with Crippen molar-refractivity contribution in [2.45, 2.75) is 27.3 Å². The molecule has 4 aromatic rings. The molecule has 0 aliphatic rings. The highest BCUT2D eigenvalue weighted by Crippen LogP contribution is 2.30. The summed E-state index contributed by atoms with van der Waals surface area (Å²) in [4.78, 5) is 42.6. The molecule has 0 bridgehead atoms. The monoisotopic (exact) mass is 515 g/mol. The molecule has 0 radical (unpaired) electrons. The molecule has 0 unspecified atom stereocenters. The molecular formula is C25H23Cl2N3O3S. The summed E-state index contributed by atoms with van der Waals surface area (Å²) in [7, 11) is 3.31. The number of carbonyl (C=O) groups excluding carboxylic acids is 1. The number of carbonyl (C=O) groups is 1. The number of fused-ring (bicyclic) bond motifs is 1. The SMILES string of the molecule is Cc1ccc(Cn2c(=O)n(-c3ccc(Cl)c(Cl)c3)c(=O)c3c(C)c(C(=O)N(C)C)sc32)c(C)c1. The van der Waals surface area contributed by atoms with E-state index >= 15 is 0 Å². The van der Waals surface area contributed by atoms with Gasteiger partial charge in [0.05, 0.1) is 32.5 Å². The zero-order chi connectivity index (χ0) is 24.9. The number of thiophene rings is 1. The summed E-state index contributed by atoms with van der Waals surface area (Å²) in [5, 5.41) is 0.892. The molecule has 2 heterocycles. The Labute approximate surface area is 210 Å². The highest BCUT2D eigenvalue weighted by molar-refractivity contribution is 7.20. The van der Waals surface area contributed by atoms with Crippen molar-refractivity contribution in [2.75, 3.05) is 14.1 Å². The number of nitrogens with zero attached hydrogens (tertiary/aromatic N) is 3. The number of benzene rings is 2. The van der Waals surface area contributed by atoms with Gasteiger partial charge in [-0.2, -0.15) is 0 Å². The normalized spacial score (nSPS) is 11.3. The van der Waals surface area contributed by atoms with Crippen molar-refractivity contribution in [2.24, 2.45) is 0 Å². The molecule has 4 rings (SSSR count). The van der Waals surface area contributed by atoms with Gasteiger partial charge in [-0.1, -0.05) is 47.0 Å². The highest BCUT2D eigenvalue weighted by atomic mass is 35.5. The first kappa shape index (κ1) is 24.3. The van der Waals surface area contributed by atoms with Crippen LogP contribution in [0.2, 0.25) is 10.0 Å². The summed E-state index contributed by atoms with van der Waals surface area (Å²) in [6, 6.07) is 10.6. The van der Waals surface area contributed by atoms with Crippen LogP contribution in [0.1, 0.15) is 31.9 Å². The van der Waals surface area contributed by atoms with Crippen LogP contribution in [0, 0.1) is 20.8 Å².